The van der Waals surface area contributed by atoms with E-state index in [1.807, 2.05) is 39.8 Å². The summed E-state index contributed by atoms with van der Waals surface area (Å²) < 4.78 is 0. The molecule has 3 N–H and O–H groups in total. The minimum absolute atomic E-state index is 0.168. The number of likely N-dealkylation sites (N-methyl/N-ethyl adjacent to an activating group) is 1. The SMILES string of the molecule is CNC(=O)C(CC(C)C)NC(=O)c1cccc(NC(C)C)c1. The Morgan fingerprint density at radius 1 is 1.14 bits per heavy atom. The van der Waals surface area contributed by atoms with E-state index in [1.54, 1.807) is 19.2 Å². The number of hydrogen-bond acceptors (Lipinski definition) is 3. The van der Waals surface area contributed by atoms with Crippen molar-refractivity contribution in [2.45, 2.75) is 46.2 Å². The monoisotopic (exact) mass is 305 g/mol. The highest BCUT2D eigenvalue weighted by molar-refractivity contribution is 5.98. The van der Waals surface area contributed by atoms with E-state index in [0.29, 0.717) is 17.9 Å². The first-order chi connectivity index (χ1) is 10.3. The Bertz CT molecular complexity index is 512. The Balaban J connectivity index is 2.83. The van der Waals surface area contributed by atoms with Crippen molar-refractivity contribution in [1.82, 2.24) is 10.6 Å². The van der Waals surface area contributed by atoms with E-state index in [9.17, 15) is 9.59 Å². The van der Waals surface area contributed by atoms with Gasteiger partial charge in [0.2, 0.25) is 5.91 Å². The Kier molecular flexibility index (Phi) is 6.89. The summed E-state index contributed by atoms with van der Waals surface area (Å²) in [6.07, 6.45) is 0.606. The summed E-state index contributed by atoms with van der Waals surface area (Å²) in [6, 6.07) is 7.07. The first-order valence-corrected chi connectivity index (χ1v) is 7.72. The smallest absolute Gasteiger partial charge is 0.252 e. The first kappa shape index (κ1) is 18.0. The molecule has 0 radical (unpaired) electrons. The number of nitrogens with one attached hydrogen (secondary N) is 3. The standard InChI is InChI=1S/C17H27N3O2/c1-11(2)9-15(17(22)18-5)20-16(21)13-7-6-8-14(10-13)19-12(3)4/h6-8,10-12,15,19H,9H2,1-5H3,(H,18,22)(H,20,21). The number of carbonyl (C=O) groups is 2. The number of carbonyl (C=O) groups excluding carboxylic acids is 2. The van der Waals surface area contributed by atoms with Crippen LogP contribution >= 0.6 is 0 Å². The number of hydrogen-bond donors (Lipinski definition) is 3. The van der Waals surface area contributed by atoms with E-state index in [4.69, 9.17) is 0 Å². The second-order valence-corrected chi connectivity index (χ2v) is 6.15. The lowest BCUT2D eigenvalue weighted by atomic mass is 10.0. The maximum absolute atomic E-state index is 12.4. The topological polar surface area (TPSA) is 70.2 Å². The van der Waals surface area contributed by atoms with Gasteiger partial charge in [-0.25, -0.2) is 0 Å². The molecule has 1 aromatic rings. The van der Waals surface area contributed by atoms with Gasteiger partial charge in [-0.2, -0.15) is 0 Å². The number of anilines is 1. The molecule has 1 rings (SSSR count). The van der Waals surface area contributed by atoms with Gasteiger partial charge in [-0.1, -0.05) is 19.9 Å². The predicted octanol–water partition coefficient (Wildman–Crippen LogP) is 2.40. The summed E-state index contributed by atoms with van der Waals surface area (Å²) in [5.41, 5.74) is 1.44. The van der Waals surface area contributed by atoms with E-state index < -0.39 is 6.04 Å². The summed E-state index contributed by atoms with van der Waals surface area (Å²) in [7, 11) is 1.58. The van der Waals surface area contributed by atoms with Crippen molar-refractivity contribution in [3.63, 3.8) is 0 Å². The molecule has 5 nitrogen and oxygen atoms in total. The molecule has 0 aromatic heterocycles. The van der Waals surface area contributed by atoms with Crippen molar-refractivity contribution < 1.29 is 9.59 Å². The summed E-state index contributed by atoms with van der Waals surface area (Å²) in [6.45, 7) is 8.12. The second kappa shape index (κ2) is 8.41. The highest BCUT2D eigenvalue weighted by atomic mass is 16.2. The molecule has 1 aromatic carbocycles. The van der Waals surface area contributed by atoms with Crippen LogP contribution in [0.25, 0.3) is 0 Å². The fourth-order valence-corrected chi connectivity index (χ4v) is 2.20. The van der Waals surface area contributed by atoms with Gasteiger partial charge in [0.05, 0.1) is 0 Å². The molecular formula is C17H27N3O2. The van der Waals surface area contributed by atoms with E-state index in [1.165, 1.54) is 0 Å². The molecular weight excluding hydrogens is 278 g/mol. The van der Waals surface area contributed by atoms with E-state index in [2.05, 4.69) is 16.0 Å². The Morgan fingerprint density at radius 3 is 2.36 bits per heavy atom. The maximum Gasteiger partial charge on any atom is 0.252 e. The Morgan fingerprint density at radius 2 is 1.82 bits per heavy atom. The van der Waals surface area contributed by atoms with Crippen molar-refractivity contribution >= 4 is 17.5 Å². The van der Waals surface area contributed by atoms with Crippen LogP contribution in [0.5, 0.6) is 0 Å². The highest BCUT2D eigenvalue weighted by Crippen LogP contribution is 2.13. The largest absolute Gasteiger partial charge is 0.383 e. The number of rotatable bonds is 7. The van der Waals surface area contributed by atoms with Gasteiger partial charge in [0.1, 0.15) is 6.04 Å². The average molecular weight is 305 g/mol. The molecule has 0 fully saturated rings. The van der Waals surface area contributed by atoms with Crippen LogP contribution in [0.3, 0.4) is 0 Å². The van der Waals surface area contributed by atoms with Gasteiger partial charge in [0.15, 0.2) is 0 Å². The van der Waals surface area contributed by atoms with Crippen LogP contribution < -0.4 is 16.0 Å². The molecule has 2 amide bonds. The lowest BCUT2D eigenvalue weighted by molar-refractivity contribution is -0.122. The molecule has 1 unspecified atom stereocenters. The molecule has 5 heteroatoms. The first-order valence-electron chi connectivity index (χ1n) is 7.72. The van der Waals surface area contributed by atoms with Crippen molar-refractivity contribution in [1.29, 1.82) is 0 Å². The van der Waals surface area contributed by atoms with Gasteiger partial charge in [0, 0.05) is 24.3 Å². The quantitative estimate of drug-likeness (QED) is 0.724. The molecule has 1 atom stereocenters. The van der Waals surface area contributed by atoms with E-state index >= 15 is 0 Å². The Labute approximate surface area is 132 Å². The minimum Gasteiger partial charge on any atom is -0.383 e. The summed E-state index contributed by atoms with van der Waals surface area (Å²) in [5, 5.41) is 8.68. The molecule has 22 heavy (non-hydrogen) atoms. The molecule has 0 aliphatic rings. The lowest BCUT2D eigenvalue weighted by Gasteiger charge is -2.19. The van der Waals surface area contributed by atoms with Crippen LogP contribution in [-0.4, -0.2) is 30.9 Å². The van der Waals surface area contributed by atoms with Gasteiger partial charge in [-0.3, -0.25) is 9.59 Å². The van der Waals surface area contributed by atoms with Crippen molar-refractivity contribution in [3.05, 3.63) is 29.8 Å². The lowest BCUT2D eigenvalue weighted by Crippen LogP contribution is -2.46. The Hall–Kier alpha value is -2.04. The molecule has 0 bridgehead atoms. The fraction of sp³-hybridized carbons (Fsp3) is 0.529. The van der Waals surface area contributed by atoms with Crippen molar-refractivity contribution in [2.24, 2.45) is 5.92 Å². The average Bonchev–Trinajstić information content (AvgIpc) is 2.44. The van der Waals surface area contributed by atoms with Gasteiger partial charge >= 0.3 is 0 Å². The van der Waals surface area contributed by atoms with Gasteiger partial charge in [-0.15, -0.1) is 0 Å². The third-order valence-electron chi connectivity index (χ3n) is 3.16. The third kappa shape index (κ3) is 5.76. The van der Waals surface area contributed by atoms with Gasteiger partial charge < -0.3 is 16.0 Å². The van der Waals surface area contributed by atoms with Crippen molar-refractivity contribution in [2.75, 3.05) is 12.4 Å². The van der Waals surface area contributed by atoms with Gasteiger partial charge in [0.25, 0.3) is 5.91 Å². The fourth-order valence-electron chi connectivity index (χ4n) is 2.20. The highest BCUT2D eigenvalue weighted by Gasteiger charge is 2.21. The van der Waals surface area contributed by atoms with Crippen LogP contribution in [0.15, 0.2) is 24.3 Å². The molecule has 0 aliphatic heterocycles. The number of benzene rings is 1. The predicted molar refractivity (Wildman–Crippen MR) is 90.0 cm³/mol. The van der Waals surface area contributed by atoms with Crippen LogP contribution in [-0.2, 0) is 4.79 Å². The van der Waals surface area contributed by atoms with Crippen LogP contribution in [0.1, 0.15) is 44.5 Å². The van der Waals surface area contributed by atoms with Crippen molar-refractivity contribution in [3.8, 4) is 0 Å². The van der Waals surface area contributed by atoms with Crippen LogP contribution in [0.4, 0.5) is 5.69 Å². The molecule has 0 saturated carbocycles. The zero-order chi connectivity index (χ0) is 16.7. The number of amides is 2. The van der Waals surface area contributed by atoms with Gasteiger partial charge in [-0.05, 0) is 44.4 Å². The minimum atomic E-state index is -0.515. The zero-order valence-electron chi connectivity index (χ0n) is 14.1. The molecule has 0 saturated heterocycles. The summed E-state index contributed by atoms with van der Waals surface area (Å²) >= 11 is 0. The molecule has 0 aliphatic carbocycles. The van der Waals surface area contributed by atoms with E-state index in [0.717, 1.165) is 5.69 Å². The molecule has 0 spiro atoms. The van der Waals surface area contributed by atoms with Crippen LogP contribution in [0, 0.1) is 5.92 Å². The summed E-state index contributed by atoms with van der Waals surface area (Å²) in [5.74, 6) is -0.0864. The van der Waals surface area contributed by atoms with E-state index in [-0.39, 0.29) is 17.9 Å². The third-order valence-corrected chi connectivity index (χ3v) is 3.16. The van der Waals surface area contributed by atoms with Crippen LogP contribution in [0.2, 0.25) is 0 Å². The second-order valence-electron chi connectivity index (χ2n) is 6.15. The molecule has 0 heterocycles. The zero-order valence-corrected chi connectivity index (χ0v) is 14.1. The summed E-state index contributed by atoms with van der Waals surface area (Å²) in [4.78, 5) is 24.3. The molecule has 122 valence electrons. The normalized spacial score (nSPS) is 12.1. The maximum atomic E-state index is 12.4.